The van der Waals surface area contributed by atoms with Crippen LogP contribution in [0.1, 0.15) is 296 Å². The molecular weight excluding hydrogens is 1060 g/mol. The molecule has 0 aliphatic carbocycles. The Morgan fingerprint density at radius 2 is 0.821 bits per heavy atom. The normalized spacial score (nSPS) is 23.9. The van der Waals surface area contributed by atoms with E-state index in [4.69, 9.17) is 18.9 Å². The number of unbranched alkanes of at least 4 members (excludes halogenated alkanes) is 38. The number of aliphatic hydroxyl groups excluding tert-OH is 8. The quantitative estimate of drug-likeness (QED) is 0.0204. The molecule has 0 aromatic rings. The molecule has 2 saturated heterocycles. The SMILES string of the molecule is CC/C=C\C/C=C\C/C=C\CCCCCCCCCC(=O)NC(COC1OC(CO)C(OC2OC(CO)C(O)C(O)C2O)C(O)C1O)C(O)/C=C/CCCCCCCCCCCCCCCCCCCCCCCCCCCCCCCCC. The average molecular weight is 1190 g/mol. The fourth-order valence-corrected chi connectivity index (χ4v) is 11.5. The number of hydrogen-bond acceptors (Lipinski definition) is 13. The lowest BCUT2D eigenvalue weighted by Crippen LogP contribution is -2.65. The molecule has 9 N–H and O–H groups in total. The zero-order valence-corrected chi connectivity index (χ0v) is 53.4. The Morgan fingerprint density at radius 3 is 1.26 bits per heavy atom. The van der Waals surface area contributed by atoms with E-state index in [-0.39, 0.29) is 18.9 Å². The first-order valence-corrected chi connectivity index (χ1v) is 34.9. The lowest BCUT2D eigenvalue weighted by atomic mass is 9.97. The molecule has 2 fully saturated rings. The first-order chi connectivity index (χ1) is 41.1. The van der Waals surface area contributed by atoms with Crippen LogP contribution in [0.25, 0.3) is 0 Å². The van der Waals surface area contributed by atoms with Crippen molar-refractivity contribution in [3.63, 3.8) is 0 Å². The molecule has 0 aromatic carbocycles. The molecule has 2 aliphatic heterocycles. The Bertz CT molecular complexity index is 1590. The standard InChI is InChI=1S/C70H129NO13/c1-3-5-7-9-11-13-15-17-19-21-22-23-24-25-26-27-28-29-30-31-32-33-34-35-36-38-39-41-43-45-47-49-51-53-59(74)58(71-62(75)54-52-50-48-46-44-42-40-37-20-18-16-14-12-10-8-6-4-2)57-81-69-67(80)65(78)68(61(56-73)83-69)84-70-66(79)64(77)63(76)60(55-72)82-70/h6,8,12,14,18,20,51,53,58-61,63-70,72-74,76-80H,3-5,7,9-11,13,15-17,19,21-50,52,54-57H2,1-2H3,(H,71,75)/b8-6-,14-12-,20-18-,53-51+. The number of rotatable bonds is 57. The highest BCUT2D eigenvalue weighted by Crippen LogP contribution is 2.30. The number of carbonyl (C=O) groups excluding carboxylic acids is 1. The second kappa shape index (κ2) is 55.1. The molecule has 0 radical (unpaired) electrons. The van der Waals surface area contributed by atoms with Crippen LogP contribution in [0.3, 0.4) is 0 Å². The van der Waals surface area contributed by atoms with Crippen molar-refractivity contribution >= 4 is 5.91 Å². The maximum absolute atomic E-state index is 13.3. The van der Waals surface area contributed by atoms with Gasteiger partial charge >= 0.3 is 0 Å². The summed E-state index contributed by atoms with van der Waals surface area (Å²) in [5.41, 5.74) is 0. The van der Waals surface area contributed by atoms with Crippen molar-refractivity contribution in [1.82, 2.24) is 5.32 Å². The minimum absolute atomic E-state index is 0.248. The summed E-state index contributed by atoms with van der Waals surface area (Å²) in [5.74, 6) is -0.248. The maximum Gasteiger partial charge on any atom is 0.220 e. The summed E-state index contributed by atoms with van der Waals surface area (Å²) < 4.78 is 22.8. The van der Waals surface area contributed by atoms with Crippen molar-refractivity contribution < 1.29 is 64.6 Å². The van der Waals surface area contributed by atoms with Gasteiger partial charge in [0.25, 0.3) is 0 Å². The first-order valence-electron chi connectivity index (χ1n) is 34.9. The van der Waals surface area contributed by atoms with E-state index >= 15 is 0 Å². The third-order valence-corrected chi connectivity index (χ3v) is 17.0. The van der Waals surface area contributed by atoms with Crippen LogP contribution >= 0.6 is 0 Å². The molecule has 12 unspecified atom stereocenters. The summed E-state index contributed by atoms with van der Waals surface area (Å²) in [6.45, 7) is 2.71. The zero-order valence-electron chi connectivity index (χ0n) is 53.4. The van der Waals surface area contributed by atoms with Crippen LogP contribution in [0.4, 0.5) is 0 Å². The second-order valence-corrected chi connectivity index (χ2v) is 24.6. The number of aliphatic hydroxyl groups is 8. The van der Waals surface area contributed by atoms with Gasteiger partial charge in [0.2, 0.25) is 5.91 Å². The molecule has 2 heterocycles. The van der Waals surface area contributed by atoms with E-state index in [9.17, 15) is 45.6 Å². The predicted molar refractivity (Wildman–Crippen MR) is 341 cm³/mol. The molecule has 0 aromatic heterocycles. The van der Waals surface area contributed by atoms with Gasteiger partial charge in [-0.15, -0.1) is 0 Å². The van der Waals surface area contributed by atoms with Gasteiger partial charge in [-0.25, -0.2) is 0 Å². The van der Waals surface area contributed by atoms with Crippen LogP contribution in [0, 0.1) is 0 Å². The van der Waals surface area contributed by atoms with Crippen LogP contribution in [-0.2, 0) is 23.7 Å². The summed E-state index contributed by atoms with van der Waals surface area (Å²) in [6.07, 6.45) is 54.7. The highest BCUT2D eigenvalue weighted by atomic mass is 16.7. The Kier molecular flexibility index (Phi) is 51.1. The van der Waals surface area contributed by atoms with E-state index in [0.29, 0.717) is 6.42 Å². The fraction of sp³-hybridized carbons (Fsp3) is 0.871. The van der Waals surface area contributed by atoms with Gasteiger partial charge in [0.1, 0.15) is 48.8 Å². The number of allylic oxidation sites excluding steroid dienone is 7. The van der Waals surface area contributed by atoms with Gasteiger partial charge in [-0.1, -0.05) is 287 Å². The molecule has 0 saturated carbocycles. The number of hydrogen-bond donors (Lipinski definition) is 9. The Morgan fingerprint density at radius 1 is 0.440 bits per heavy atom. The van der Waals surface area contributed by atoms with Crippen LogP contribution in [0.15, 0.2) is 48.6 Å². The molecular formula is C70H129NO13. The molecule has 12 atom stereocenters. The molecule has 14 heteroatoms. The number of carbonyl (C=O) groups is 1. The topological polar surface area (TPSA) is 228 Å². The minimum Gasteiger partial charge on any atom is -0.394 e. The Labute approximate surface area is 512 Å². The van der Waals surface area contributed by atoms with Crippen LogP contribution in [0.5, 0.6) is 0 Å². The lowest BCUT2D eigenvalue weighted by Gasteiger charge is -2.46. The number of ether oxygens (including phenoxy) is 4. The summed E-state index contributed by atoms with van der Waals surface area (Å²) in [4.78, 5) is 13.3. The van der Waals surface area contributed by atoms with E-state index in [1.807, 2.05) is 6.08 Å². The van der Waals surface area contributed by atoms with Crippen molar-refractivity contribution in [3.8, 4) is 0 Å². The Balaban J connectivity index is 1.65. The molecule has 0 spiro atoms. The smallest absolute Gasteiger partial charge is 0.220 e. The largest absolute Gasteiger partial charge is 0.394 e. The van der Waals surface area contributed by atoms with Crippen molar-refractivity contribution in [2.45, 2.75) is 370 Å². The number of amides is 1. The van der Waals surface area contributed by atoms with Crippen molar-refractivity contribution in [2.24, 2.45) is 0 Å². The van der Waals surface area contributed by atoms with Gasteiger partial charge in [0.05, 0.1) is 32.0 Å². The minimum atomic E-state index is -1.79. The number of nitrogens with one attached hydrogen (secondary N) is 1. The maximum atomic E-state index is 13.3. The third-order valence-electron chi connectivity index (χ3n) is 17.0. The third kappa shape index (κ3) is 39.1. The Hall–Kier alpha value is -2.05. The van der Waals surface area contributed by atoms with Crippen LogP contribution in [-0.4, -0.2) is 140 Å². The monoisotopic (exact) mass is 1190 g/mol. The van der Waals surface area contributed by atoms with Crippen LogP contribution in [0.2, 0.25) is 0 Å². The first kappa shape index (κ1) is 78.0. The molecule has 0 bridgehead atoms. The molecule has 1 amide bonds. The van der Waals surface area contributed by atoms with E-state index in [0.717, 1.165) is 70.6 Å². The molecule has 84 heavy (non-hydrogen) atoms. The lowest BCUT2D eigenvalue weighted by molar-refractivity contribution is -0.359. The van der Waals surface area contributed by atoms with E-state index < -0.39 is 86.8 Å². The van der Waals surface area contributed by atoms with Crippen molar-refractivity contribution in [2.75, 3.05) is 19.8 Å². The zero-order chi connectivity index (χ0) is 60.9. The van der Waals surface area contributed by atoms with E-state index in [2.05, 4.69) is 55.6 Å². The van der Waals surface area contributed by atoms with E-state index in [1.165, 1.54) is 199 Å². The van der Waals surface area contributed by atoms with Gasteiger partial charge in [-0.05, 0) is 51.4 Å². The molecule has 492 valence electrons. The second-order valence-electron chi connectivity index (χ2n) is 24.6. The molecule has 2 rings (SSSR count). The van der Waals surface area contributed by atoms with Gasteiger partial charge < -0.3 is 65.1 Å². The summed E-state index contributed by atoms with van der Waals surface area (Å²) in [5, 5.41) is 87.3. The van der Waals surface area contributed by atoms with Gasteiger partial charge in [0.15, 0.2) is 12.6 Å². The van der Waals surface area contributed by atoms with Gasteiger partial charge in [0, 0.05) is 6.42 Å². The van der Waals surface area contributed by atoms with Gasteiger partial charge in [-0.2, -0.15) is 0 Å². The highest BCUT2D eigenvalue weighted by Gasteiger charge is 2.51. The van der Waals surface area contributed by atoms with Crippen molar-refractivity contribution in [1.29, 1.82) is 0 Å². The summed E-state index contributed by atoms with van der Waals surface area (Å²) in [6, 6.07) is -0.923. The van der Waals surface area contributed by atoms with E-state index in [1.54, 1.807) is 6.08 Å². The van der Waals surface area contributed by atoms with Gasteiger partial charge in [-0.3, -0.25) is 4.79 Å². The summed E-state index contributed by atoms with van der Waals surface area (Å²) in [7, 11) is 0. The van der Waals surface area contributed by atoms with Crippen molar-refractivity contribution in [3.05, 3.63) is 48.6 Å². The molecule has 2 aliphatic rings. The fourth-order valence-electron chi connectivity index (χ4n) is 11.5. The average Bonchev–Trinajstić information content (AvgIpc) is 3.18. The predicted octanol–water partition coefficient (Wildman–Crippen LogP) is 13.9. The summed E-state index contributed by atoms with van der Waals surface area (Å²) >= 11 is 0. The van der Waals surface area contributed by atoms with Crippen LogP contribution < -0.4 is 5.32 Å². The molecule has 14 nitrogen and oxygen atoms in total. The highest BCUT2D eigenvalue weighted by molar-refractivity contribution is 5.76.